The van der Waals surface area contributed by atoms with Crippen LogP contribution in [0.5, 0.6) is 0 Å². The van der Waals surface area contributed by atoms with Crippen molar-refractivity contribution in [3.63, 3.8) is 0 Å². The average molecular weight is 412 g/mol. The predicted octanol–water partition coefficient (Wildman–Crippen LogP) is 2.11. The van der Waals surface area contributed by atoms with Gasteiger partial charge < -0.3 is 20.4 Å². The zero-order valence-corrected chi connectivity index (χ0v) is 15.6. The molecule has 3 rings (SSSR count). The number of piperidine rings is 2. The van der Waals surface area contributed by atoms with Gasteiger partial charge in [0.2, 0.25) is 0 Å². The molecule has 1 saturated carbocycles. The van der Waals surface area contributed by atoms with Gasteiger partial charge in [0.1, 0.15) is 18.6 Å². The Morgan fingerprint density at radius 3 is 2.21 bits per heavy atom. The third-order valence-electron chi connectivity index (χ3n) is 6.58. The third kappa shape index (κ3) is 4.77. The molecule has 162 valence electrons. The average Bonchev–Trinajstić information content (AvgIpc) is 2.65. The zero-order valence-electron chi connectivity index (χ0n) is 15.6. The first-order valence-corrected chi connectivity index (χ1v) is 9.97. The number of alkyl halides is 4. The highest BCUT2D eigenvalue weighted by molar-refractivity contribution is 5.75. The molecule has 2 aliphatic heterocycles. The summed E-state index contributed by atoms with van der Waals surface area (Å²) in [6.07, 6.45) is -5.66. The number of nitrogens with one attached hydrogen (secondary N) is 1. The van der Waals surface area contributed by atoms with Gasteiger partial charge in [-0.25, -0.2) is 9.18 Å². The van der Waals surface area contributed by atoms with E-state index in [0.29, 0.717) is 18.8 Å². The molecule has 28 heavy (non-hydrogen) atoms. The van der Waals surface area contributed by atoms with E-state index in [1.54, 1.807) is 0 Å². The van der Waals surface area contributed by atoms with Crippen molar-refractivity contribution in [1.29, 1.82) is 0 Å². The van der Waals surface area contributed by atoms with Gasteiger partial charge in [-0.3, -0.25) is 0 Å². The van der Waals surface area contributed by atoms with Crippen LogP contribution >= 0.6 is 0 Å². The number of hydroxylamine groups is 2. The quantitative estimate of drug-likeness (QED) is 0.616. The van der Waals surface area contributed by atoms with Crippen molar-refractivity contribution >= 4 is 5.97 Å². The molecule has 0 spiro atoms. The van der Waals surface area contributed by atoms with Gasteiger partial charge in [-0.1, -0.05) is 5.06 Å². The predicted molar refractivity (Wildman–Crippen MR) is 90.0 cm³/mol. The summed E-state index contributed by atoms with van der Waals surface area (Å²) in [6.45, 7) is 1.86. The molecule has 0 aromatic carbocycles. The van der Waals surface area contributed by atoms with Crippen LogP contribution in [0.4, 0.5) is 17.6 Å². The van der Waals surface area contributed by atoms with Gasteiger partial charge in [-0.15, -0.1) is 0 Å². The molecular formula is C18H28F4N2O4. The smallest absolute Gasteiger partial charge is 0.375 e. The van der Waals surface area contributed by atoms with E-state index in [4.69, 9.17) is 0 Å². The summed E-state index contributed by atoms with van der Waals surface area (Å²) in [7, 11) is 0. The second-order valence-corrected chi connectivity index (χ2v) is 8.21. The molecule has 0 bridgehead atoms. The maximum Gasteiger partial charge on any atom is 0.492 e. The fourth-order valence-corrected chi connectivity index (χ4v) is 5.08. The highest BCUT2D eigenvalue weighted by Gasteiger charge is 2.49. The summed E-state index contributed by atoms with van der Waals surface area (Å²) < 4.78 is 52.4. The molecule has 3 aliphatic rings. The third-order valence-corrected chi connectivity index (χ3v) is 6.58. The molecule has 3 N–H and O–H groups in total. The standard InChI is InChI=1S/C18H28F4N2O4/c19-14-9-11(10-5-7-23-8-6-10)1-2-12(14)13-3-4-15(25)24(16(13)26)28-17(27)18(20,21)22/h10-16,23,25-26H,1-9H2. The minimum Gasteiger partial charge on any atom is -0.375 e. The Bertz CT molecular complexity index is 544. The Balaban J connectivity index is 1.62. The summed E-state index contributed by atoms with van der Waals surface area (Å²) in [5.74, 6) is -3.00. The molecule has 0 aromatic heterocycles. The van der Waals surface area contributed by atoms with E-state index in [1.807, 2.05) is 0 Å². The van der Waals surface area contributed by atoms with Gasteiger partial charge in [0.25, 0.3) is 0 Å². The van der Waals surface area contributed by atoms with Crippen molar-refractivity contribution in [2.75, 3.05) is 13.1 Å². The normalized spacial score (nSPS) is 38.9. The van der Waals surface area contributed by atoms with E-state index in [-0.39, 0.29) is 23.8 Å². The molecule has 3 fully saturated rings. The summed E-state index contributed by atoms with van der Waals surface area (Å²) >= 11 is 0. The minimum absolute atomic E-state index is 0.00614. The van der Waals surface area contributed by atoms with Crippen LogP contribution in [0.15, 0.2) is 0 Å². The van der Waals surface area contributed by atoms with Gasteiger partial charge in [0.15, 0.2) is 0 Å². The lowest BCUT2D eigenvalue weighted by Gasteiger charge is -2.46. The molecule has 2 saturated heterocycles. The summed E-state index contributed by atoms with van der Waals surface area (Å²) in [5, 5.41) is 23.9. The minimum atomic E-state index is -5.25. The number of carbonyl (C=O) groups excluding carboxylic acids is 1. The van der Waals surface area contributed by atoms with E-state index in [9.17, 15) is 32.6 Å². The Morgan fingerprint density at radius 2 is 1.61 bits per heavy atom. The van der Waals surface area contributed by atoms with Crippen molar-refractivity contribution in [1.82, 2.24) is 10.4 Å². The first kappa shape index (κ1) is 21.7. The fourth-order valence-electron chi connectivity index (χ4n) is 5.08. The van der Waals surface area contributed by atoms with Crippen molar-refractivity contribution < 1.29 is 37.4 Å². The van der Waals surface area contributed by atoms with Crippen LogP contribution in [0.25, 0.3) is 0 Å². The van der Waals surface area contributed by atoms with Crippen LogP contribution in [0.2, 0.25) is 0 Å². The van der Waals surface area contributed by atoms with E-state index >= 15 is 0 Å². The monoisotopic (exact) mass is 412 g/mol. The lowest BCUT2D eigenvalue weighted by atomic mass is 9.67. The number of hydrogen-bond acceptors (Lipinski definition) is 6. The molecule has 0 radical (unpaired) electrons. The molecule has 0 amide bonds. The number of aliphatic hydroxyl groups is 2. The SMILES string of the molecule is O=C(ON1C(O)CCC(C2CCC(C3CCNCC3)CC2F)C1O)C(F)(F)F. The molecule has 1 aliphatic carbocycles. The lowest BCUT2D eigenvalue weighted by Crippen LogP contribution is -2.56. The van der Waals surface area contributed by atoms with Gasteiger partial charge in [0, 0.05) is 5.92 Å². The Labute approximate surface area is 161 Å². The zero-order chi connectivity index (χ0) is 20.5. The van der Waals surface area contributed by atoms with E-state index < -0.39 is 42.6 Å². The highest BCUT2D eigenvalue weighted by Crippen LogP contribution is 2.45. The molecule has 0 aromatic rings. The number of aliphatic hydroxyl groups excluding tert-OH is 2. The van der Waals surface area contributed by atoms with Gasteiger partial charge in [-0.05, 0) is 75.8 Å². The molecule has 6 nitrogen and oxygen atoms in total. The van der Waals surface area contributed by atoms with E-state index in [1.165, 1.54) is 0 Å². The second-order valence-electron chi connectivity index (χ2n) is 8.21. The van der Waals surface area contributed by atoms with Crippen LogP contribution in [0.3, 0.4) is 0 Å². The number of halogens is 4. The highest BCUT2D eigenvalue weighted by atomic mass is 19.4. The summed E-state index contributed by atoms with van der Waals surface area (Å²) in [5.41, 5.74) is 0. The molecule has 2 heterocycles. The maximum atomic E-state index is 15.0. The fraction of sp³-hybridized carbons (Fsp3) is 0.944. The Morgan fingerprint density at radius 1 is 0.964 bits per heavy atom. The van der Waals surface area contributed by atoms with Crippen LogP contribution in [0.1, 0.15) is 44.9 Å². The summed E-state index contributed by atoms with van der Waals surface area (Å²) in [4.78, 5) is 15.3. The van der Waals surface area contributed by atoms with Crippen molar-refractivity contribution in [3.05, 3.63) is 0 Å². The van der Waals surface area contributed by atoms with Gasteiger partial charge >= 0.3 is 12.1 Å². The number of nitrogens with zero attached hydrogens (tertiary/aromatic N) is 1. The van der Waals surface area contributed by atoms with Crippen LogP contribution in [-0.4, -0.2) is 59.1 Å². The number of rotatable bonds is 3. The van der Waals surface area contributed by atoms with E-state index in [2.05, 4.69) is 10.2 Å². The Kier molecular flexibility index (Phi) is 6.84. The molecule has 6 atom stereocenters. The number of hydrogen-bond donors (Lipinski definition) is 3. The topological polar surface area (TPSA) is 82.0 Å². The molecule has 6 unspecified atom stereocenters. The van der Waals surface area contributed by atoms with Crippen molar-refractivity contribution in [2.24, 2.45) is 23.7 Å². The van der Waals surface area contributed by atoms with Crippen molar-refractivity contribution in [2.45, 2.75) is 69.7 Å². The van der Waals surface area contributed by atoms with Gasteiger partial charge in [0.05, 0.1) is 0 Å². The largest absolute Gasteiger partial charge is 0.492 e. The number of carbonyl (C=O) groups is 1. The molecular weight excluding hydrogens is 384 g/mol. The van der Waals surface area contributed by atoms with Gasteiger partial charge in [-0.2, -0.15) is 13.2 Å². The van der Waals surface area contributed by atoms with Crippen LogP contribution in [0, 0.1) is 23.7 Å². The second kappa shape index (κ2) is 8.81. The van der Waals surface area contributed by atoms with Crippen LogP contribution in [-0.2, 0) is 9.63 Å². The van der Waals surface area contributed by atoms with E-state index in [0.717, 1.165) is 32.4 Å². The lowest BCUT2D eigenvalue weighted by molar-refractivity contribution is -0.330. The van der Waals surface area contributed by atoms with Crippen LogP contribution < -0.4 is 5.32 Å². The first-order valence-electron chi connectivity index (χ1n) is 9.97. The first-order chi connectivity index (χ1) is 13.2. The van der Waals surface area contributed by atoms with Crippen molar-refractivity contribution in [3.8, 4) is 0 Å². The maximum absolute atomic E-state index is 15.0. The Hall–Kier alpha value is -0.970. The molecule has 10 heteroatoms. The summed E-state index contributed by atoms with van der Waals surface area (Å²) in [6, 6.07) is 0.